The Labute approximate surface area is 115 Å². The highest BCUT2D eigenvalue weighted by atomic mass is 35.5. The average Bonchev–Trinajstić information content (AvgIpc) is 2.33. The average molecular weight is 290 g/mol. The first-order valence-electron chi connectivity index (χ1n) is 5.29. The van der Waals surface area contributed by atoms with Gasteiger partial charge in [-0.25, -0.2) is 0 Å². The van der Waals surface area contributed by atoms with Crippen LogP contribution in [0.5, 0.6) is 0 Å². The van der Waals surface area contributed by atoms with Crippen molar-refractivity contribution in [1.82, 2.24) is 5.48 Å². The fourth-order valence-electron chi connectivity index (χ4n) is 1.22. The molecule has 0 saturated carbocycles. The van der Waals surface area contributed by atoms with Crippen LogP contribution in [0.15, 0.2) is 24.3 Å². The van der Waals surface area contributed by atoms with Crippen LogP contribution in [0.1, 0.15) is 18.9 Å². The molecule has 0 amide bonds. The molecule has 0 aliphatic heterocycles. The van der Waals surface area contributed by atoms with Gasteiger partial charge >= 0.3 is 5.97 Å². The van der Waals surface area contributed by atoms with E-state index in [1.54, 1.807) is 18.2 Å². The second-order valence-electron chi connectivity index (χ2n) is 3.38. The monoisotopic (exact) mass is 289 g/mol. The molecule has 6 heteroatoms. The van der Waals surface area contributed by atoms with E-state index >= 15 is 0 Å². The summed E-state index contributed by atoms with van der Waals surface area (Å²) in [4.78, 5) is 15.6. The van der Waals surface area contributed by atoms with Crippen molar-refractivity contribution >= 4 is 34.9 Å². The van der Waals surface area contributed by atoms with Gasteiger partial charge in [-0.2, -0.15) is 0 Å². The second-order valence-corrected chi connectivity index (χ2v) is 4.19. The molecule has 2 N–H and O–H groups in total. The van der Waals surface area contributed by atoms with E-state index in [1.165, 1.54) is 6.08 Å². The van der Waals surface area contributed by atoms with Crippen molar-refractivity contribution in [3.8, 4) is 0 Å². The minimum atomic E-state index is -0.925. The molecule has 0 spiro atoms. The third-order valence-electron chi connectivity index (χ3n) is 2.04. The van der Waals surface area contributed by atoms with Crippen molar-refractivity contribution in [1.29, 1.82) is 0 Å². The molecule has 18 heavy (non-hydrogen) atoms. The van der Waals surface area contributed by atoms with Crippen molar-refractivity contribution < 1.29 is 14.7 Å². The predicted octanol–water partition coefficient (Wildman–Crippen LogP) is 3.35. The minimum absolute atomic E-state index is 0.115. The normalized spacial score (nSPS) is 11.4. The predicted molar refractivity (Wildman–Crippen MR) is 71.5 cm³/mol. The molecule has 1 rings (SSSR count). The van der Waals surface area contributed by atoms with Gasteiger partial charge in [0.15, 0.2) is 0 Å². The van der Waals surface area contributed by atoms with E-state index in [2.05, 4.69) is 5.48 Å². The molecule has 0 aliphatic carbocycles. The van der Waals surface area contributed by atoms with Crippen LogP contribution in [0.25, 0.3) is 5.70 Å². The van der Waals surface area contributed by atoms with Gasteiger partial charge in [0.2, 0.25) is 0 Å². The molecule has 4 nitrogen and oxygen atoms in total. The SMILES string of the molecule is CCONC(=CCC(=O)O)c1ccc(Cl)c(Cl)c1. The molecular weight excluding hydrogens is 277 g/mol. The molecule has 0 radical (unpaired) electrons. The lowest BCUT2D eigenvalue weighted by molar-refractivity contribution is -0.136. The standard InChI is InChI=1S/C12H13Cl2NO3/c1-2-18-15-11(5-6-12(16)17)8-3-4-9(13)10(14)7-8/h3-5,7,15H,2,6H2,1H3,(H,16,17). The van der Waals surface area contributed by atoms with E-state index in [9.17, 15) is 4.79 Å². The Bertz CT molecular complexity index is 461. The maximum Gasteiger partial charge on any atom is 0.307 e. The van der Waals surface area contributed by atoms with Crippen molar-refractivity contribution in [2.75, 3.05) is 6.61 Å². The van der Waals surface area contributed by atoms with Gasteiger partial charge in [-0.3, -0.25) is 15.1 Å². The number of hydrogen-bond acceptors (Lipinski definition) is 3. The first kappa shape index (κ1) is 14.8. The molecule has 0 saturated heterocycles. The molecule has 0 aliphatic rings. The Balaban J connectivity index is 2.96. The third kappa shape index (κ3) is 4.56. The fourth-order valence-corrected chi connectivity index (χ4v) is 1.52. The second kappa shape index (κ2) is 7.26. The molecule has 0 fully saturated rings. The lowest BCUT2D eigenvalue weighted by atomic mass is 10.1. The largest absolute Gasteiger partial charge is 0.481 e. The lowest BCUT2D eigenvalue weighted by Gasteiger charge is -2.11. The van der Waals surface area contributed by atoms with E-state index in [4.69, 9.17) is 33.1 Å². The topological polar surface area (TPSA) is 58.6 Å². The van der Waals surface area contributed by atoms with Crippen LogP contribution >= 0.6 is 23.2 Å². The maximum atomic E-state index is 10.6. The number of hydroxylamine groups is 1. The summed E-state index contributed by atoms with van der Waals surface area (Å²) in [6.45, 7) is 2.27. The Kier molecular flexibility index (Phi) is 5.98. The summed E-state index contributed by atoms with van der Waals surface area (Å²) in [5.74, 6) is -0.925. The van der Waals surface area contributed by atoms with Gasteiger partial charge in [0.05, 0.1) is 28.8 Å². The van der Waals surface area contributed by atoms with Crippen LogP contribution < -0.4 is 5.48 Å². The Hall–Kier alpha value is -1.23. The summed E-state index contributed by atoms with van der Waals surface area (Å²) >= 11 is 11.7. The smallest absolute Gasteiger partial charge is 0.307 e. The summed E-state index contributed by atoms with van der Waals surface area (Å²) in [6, 6.07) is 5.01. The number of benzene rings is 1. The van der Waals surface area contributed by atoms with Crippen LogP contribution in [0.3, 0.4) is 0 Å². The number of halogens is 2. The molecule has 0 bridgehead atoms. The highest BCUT2D eigenvalue weighted by molar-refractivity contribution is 6.42. The van der Waals surface area contributed by atoms with Gasteiger partial charge in [0.1, 0.15) is 0 Å². The summed E-state index contributed by atoms with van der Waals surface area (Å²) in [5, 5.41) is 9.51. The number of carboxylic acids is 1. The number of hydrogen-bond donors (Lipinski definition) is 2. The fraction of sp³-hybridized carbons (Fsp3) is 0.250. The van der Waals surface area contributed by atoms with Gasteiger partial charge in [0.25, 0.3) is 0 Å². The van der Waals surface area contributed by atoms with Crippen molar-refractivity contribution in [2.45, 2.75) is 13.3 Å². The van der Waals surface area contributed by atoms with Crippen LogP contribution in [-0.2, 0) is 9.63 Å². The van der Waals surface area contributed by atoms with Crippen LogP contribution in [-0.4, -0.2) is 17.7 Å². The van der Waals surface area contributed by atoms with Crippen LogP contribution in [0, 0.1) is 0 Å². The molecule has 1 aromatic rings. The quantitative estimate of drug-likeness (QED) is 0.789. The maximum absolute atomic E-state index is 10.6. The number of nitrogens with one attached hydrogen (secondary N) is 1. The lowest BCUT2D eigenvalue weighted by Crippen LogP contribution is -2.13. The van der Waals surface area contributed by atoms with E-state index in [0.717, 1.165) is 0 Å². The van der Waals surface area contributed by atoms with E-state index in [1.807, 2.05) is 6.92 Å². The van der Waals surface area contributed by atoms with E-state index in [-0.39, 0.29) is 6.42 Å². The van der Waals surface area contributed by atoms with E-state index in [0.29, 0.717) is 27.9 Å². The van der Waals surface area contributed by atoms with Crippen molar-refractivity contribution in [3.63, 3.8) is 0 Å². The number of carbonyl (C=O) groups is 1. The van der Waals surface area contributed by atoms with Gasteiger partial charge in [-0.15, -0.1) is 0 Å². The van der Waals surface area contributed by atoms with Crippen molar-refractivity contribution in [2.24, 2.45) is 0 Å². The Morgan fingerprint density at radius 3 is 2.72 bits per heavy atom. The molecular formula is C12H13Cl2NO3. The molecule has 0 heterocycles. The zero-order valence-corrected chi connectivity index (χ0v) is 11.3. The van der Waals surface area contributed by atoms with E-state index < -0.39 is 5.97 Å². The highest BCUT2D eigenvalue weighted by Gasteiger charge is 2.06. The first-order chi connectivity index (χ1) is 8.54. The summed E-state index contributed by atoms with van der Waals surface area (Å²) in [6.07, 6.45) is 1.40. The molecule has 1 aromatic carbocycles. The number of rotatable bonds is 6. The minimum Gasteiger partial charge on any atom is -0.481 e. The molecule has 0 aromatic heterocycles. The highest BCUT2D eigenvalue weighted by Crippen LogP contribution is 2.25. The Morgan fingerprint density at radius 2 is 2.17 bits per heavy atom. The van der Waals surface area contributed by atoms with Gasteiger partial charge < -0.3 is 5.11 Å². The molecule has 98 valence electrons. The summed E-state index contributed by atoms with van der Waals surface area (Å²) in [7, 11) is 0. The number of carboxylic acid groups (broad SMARTS) is 1. The van der Waals surface area contributed by atoms with Crippen molar-refractivity contribution in [3.05, 3.63) is 39.9 Å². The third-order valence-corrected chi connectivity index (χ3v) is 2.78. The zero-order valence-electron chi connectivity index (χ0n) is 9.74. The van der Waals surface area contributed by atoms with Gasteiger partial charge in [-0.05, 0) is 25.1 Å². The van der Waals surface area contributed by atoms with Crippen LogP contribution in [0.2, 0.25) is 10.0 Å². The molecule has 0 atom stereocenters. The zero-order chi connectivity index (χ0) is 13.5. The van der Waals surface area contributed by atoms with Gasteiger partial charge in [0, 0.05) is 5.56 Å². The Morgan fingerprint density at radius 1 is 1.44 bits per heavy atom. The summed E-state index contributed by atoms with van der Waals surface area (Å²) < 4.78 is 0. The molecule has 0 unspecified atom stereocenters. The van der Waals surface area contributed by atoms with Gasteiger partial charge in [-0.1, -0.05) is 29.3 Å². The van der Waals surface area contributed by atoms with Crippen LogP contribution in [0.4, 0.5) is 0 Å². The summed E-state index contributed by atoms with van der Waals surface area (Å²) in [5.41, 5.74) is 3.93. The first-order valence-corrected chi connectivity index (χ1v) is 6.05. The number of aliphatic carboxylic acids is 1.